The van der Waals surface area contributed by atoms with E-state index in [1.165, 1.54) is 38.5 Å². The summed E-state index contributed by atoms with van der Waals surface area (Å²) in [6, 6.07) is 2.31. The molecule has 0 aliphatic heterocycles. The van der Waals surface area contributed by atoms with Crippen LogP contribution in [0, 0.1) is 29.2 Å². The third kappa shape index (κ3) is 1.49. The van der Waals surface area contributed by atoms with Gasteiger partial charge in [0.05, 0.1) is 6.61 Å². The summed E-state index contributed by atoms with van der Waals surface area (Å²) < 4.78 is 5.23. The van der Waals surface area contributed by atoms with Gasteiger partial charge in [0, 0.05) is 0 Å². The van der Waals surface area contributed by atoms with Crippen molar-refractivity contribution in [1.29, 1.82) is 0 Å². The molecule has 0 aromatic heterocycles. The van der Waals surface area contributed by atoms with Crippen LogP contribution in [-0.2, 0) is 4.74 Å². The largest absolute Gasteiger partial charge is 0.351 e. The minimum absolute atomic E-state index is 0.483. The van der Waals surface area contributed by atoms with Gasteiger partial charge in [-0.3, -0.25) is 0 Å². The minimum Gasteiger partial charge on any atom is -0.351 e. The van der Waals surface area contributed by atoms with Gasteiger partial charge < -0.3 is 4.74 Å². The topological polar surface area (TPSA) is 9.23 Å². The number of rotatable bonds is 3. The fourth-order valence-corrected chi connectivity index (χ4v) is 4.70. The molecule has 0 unspecified atom stereocenters. The van der Waals surface area contributed by atoms with Crippen LogP contribution in [0.3, 0.4) is 0 Å². The van der Waals surface area contributed by atoms with Crippen molar-refractivity contribution in [1.82, 2.24) is 0 Å². The zero-order chi connectivity index (χ0) is 9.60. The van der Waals surface area contributed by atoms with Crippen LogP contribution in [0.4, 0.5) is 0 Å². The zero-order valence-electron chi connectivity index (χ0n) is 8.47. The van der Waals surface area contributed by atoms with Crippen LogP contribution in [0.15, 0.2) is 0 Å². The second-order valence-corrected chi connectivity index (χ2v) is 5.94. The molecule has 2 heteroatoms. The lowest BCUT2D eigenvalue weighted by molar-refractivity contribution is -0.0846. The highest BCUT2D eigenvalue weighted by molar-refractivity contribution is 6.22. The van der Waals surface area contributed by atoms with E-state index >= 15 is 0 Å². The van der Waals surface area contributed by atoms with Crippen LogP contribution in [0.2, 0.25) is 0 Å². The molecule has 4 fully saturated rings. The monoisotopic (exact) mass is 212 g/mol. The Morgan fingerprint density at radius 1 is 1.07 bits per heavy atom. The number of hydrogen-bond donors (Lipinski definition) is 0. The molecule has 2 radical (unpaired) electrons. The van der Waals surface area contributed by atoms with Crippen LogP contribution in [0.1, 0.15) is 38.5 Å². The summed E-state index contributed by atoms with van der Waals surface area (Å²) in [7, 11) is 0. The lowest BCUT2D eigenvalue weighted by Gasteiger charge is -2.56. The summed E-state index contributed by atoms with van der Waals surface area (Å²) in [6.45, 7) is 0.819. The SMILES string of the molecule is Cl[C]OCC12CC3CC(CC(C3)C1)C2. The highest BCUT2D eigenvalue weighted by Crippen LogP contribution is 2.60. The van der Waals surface area contributed by atoms with Gasteiger partial charge in [0.1, 0.15) is 0 Å². The quantitative estimate of drug-likeness (QED) is 0.696. The van der Waals surface area contributed by atoms with E-state index in [1.807, 2.05) is 0 Å². The molecule has 0 spiro atoms. The van der Waals surface area contributed by atoms with Crippen LogP contribution in [-0.4, -0.2) is 6.61 Å². The maximum absolute atomic E-state index is 5.37. The van der Waals surface area contributed by atoms with Crippen molar-refractivity contribution in [2.24, 2.45) is 23.2 Å². The van der Waals surface area contributed by atoms with Crippen molar-refractivity contribution in [2.45, 2.75) is 38.5 Å². The van der Waals surface area contributed by atoms with Gasteiger partial charge in [0.15, 0.2) is 0 Å². The number of ether oxygens (including phenoxy) is 1. The molecule has 0 amide bonds. The van der Waals surface area contributed by atoms with Crippen molar-refractivity contribution >= 4 is 11.6 Å². The highest BCUT2D eigenvalue weighted by atomic mass is 35.5. The van der Waals surface area contributed by atoms with E-state index in [9.17, 15) is 0 Å². The minimum atomic E-state index is 0.483. The Morgan fingerprint density at radius 3 is 2.00 bits per heavy atom. The van der Waals surface area contributed by atoms with E-state index in [0.717, 1.165) is 24.4 Å². The summed E-state index contributed by atoms with van der Waals surface area (Å²) in [5.41, 5.74) is 0.483. The Bertz CT molecular complexity index is 191. The lowest BCUT2D eigenvalue weighted by Crippen LogP contribution is -2.48. The van der Waals surface area contributed by atoms with Crippen LogP contribution < -0.4 is 0 Å². The standard InChI is InChI=1S/C12H17ClO/c13-8-14-7-12-4-9-1-10(5-12)3-11(2-9)6-12/h9-11H,1-7H2. The summed E-state index contributed by atoms with van der Waals surface area (Å²) >= 11 is 5.37. The van der Waals surface area contributed by atoms with Gasteiger partial charge in [-0.1, -0.05) is 11.6 Å². The maximum atomic E-state index is 5.37. The first-order valence-electron chi connectivity index (χ1n) is 5.77. The van der Waals surface area contributed by atoms with Gasteiger partial charge in [-0.05, 0) is 61.7 Å². The molecule has 1 nitrogen and oxygen atoms in total. The van der Waals surface area contributed by atoms with E-state index in [0.29, 0.717) is 5.41 Å². The molecular formula is C12H17ClO. The Kier molecular flexibility index (Phi) is 2.29. The first-order valence-corrected chi connectivity index (χ1v) is 6.15. The molecule has 4 aliphatic rings. The lowest BCUT2D eigenvalue weighted by atomic mass is 9.50. The van der Waals surface area contributed by atoms with Gasteiger partial charge in [-0.15, -0.1) is 0 Å². The second kappa shape index (κ2) is 3.38. The predicted octanol–water partition coefficient (Wildman–Crippen LogP) is 3.45. The smallest absolute Gasteiger partial charge is 0.236 e. The predicted molar refractivity (Wildman–Crippen MR) is 55.7 cm³/mol. The molecule has 0 aromatic carbocycles. The molecule has 4 aliphatic carbocycles. The Balaban J connectivity index is 1.74. The zero-order valence-corrected chi connectivity index (χ0v) is 9.22. The summed E-state index contributed by atoms with van der Waals surface area (Å²) in [6.07, 6.45) is 8.64. The summed E-state index contributed by atoms with van der Waals surface area (Å²) in [4.78, 5) is 0. The first-order chi connectivity index (χ1) is 6.80. The Hall–Kier alpha value is 0.250. The molecule has 4 rings (SSSR count). The van der Waals surface area contributed by atoms with E-state index in [-0.39, 0.29) is 0 Å². The molecule has 4 saturated carbocycles. The number of halogens is 1. The average molecular weight is 213 g/mol. The van der Waals surface area contributed by atoms with Crippen LogP contribution >= 0.6 is 11.6 Å². The maximum Gasteiger partial charge on any atom is 0.236 e. The van der Waals surface area contributed by atoms with Gasteiger partial charge in [0.2, 0.25) is 6.07 Å². The van der Waals surface area contributed by atoms with Crippen molar-refractivity contribution < 1.29 is 4.74 Å². The molecule has 0 N–H and O–H groups in total. The van der Waals surface area contributed by atoms with Crippen molar-refractivity contribution in [2.75, 3.05) is 6.61 Å². The van der Waals surface area contributed by atoms with E-state index in [1.54, 1.807) is 0 Å². The molecule has 0 aromatic rings. The van der Waals surface area contributed by atoms with Crippen molar-refractivity contribution in [3.05, 3.63) is 6.07 Å². The van der Waals surface area contributed by atoms with Gasteiger partial charge in [0.25, 0.3) is 0 Å². The summed E-state index contributed by atoms with van der Waals surface area (Å²) in [5, 5.41) is 0. The molecule has 0 atom stereocenters. The van der Waals surface area contributed by atoms with Crippen LogP contribution in [0.25, 0.3) is 0 Å². The van der Waals surface area contributed by atoms with Crippen molar-refractivity contribution in [3.8, 4) is 0 Å². The number of hydrogen-bond acceptors (Lipinski definition) is 1. The van der Waals surface area contributed by atoms with Gasteiger partial charge in [-0.25, -0.2) is 0 Å². The Labute approximate surface area is 91.2 Å². The normalized spacial score (nSPS) is 49.9. The highest BCUT2D eigenvalue weighted by Gasteiger charge is 2.50. The molecule has 4 bridgehead atoms. The van der Waals surface area contributed by atoms with Crippen LogP contribution in [0.5, 0.6) is 0 Å². The molecule has 0 heterocycles. The molecule has 0 saturated heterocycles. The third-order valence-electron chi connectivity index (χ3n) is 4.60. The van der Waals surface area contributed by atoms with E-state index < -0.39 is 0 Å². The van der Waals surface area contributed by atoms with Gasteiger partial charge in [-0.2, -0.15) is 0 Å². The second-order valence-electron chi connectivity index (χ2n) is 5.78. The van der Waals surface area contributed by atoms with Gasteiger partial charge >= 0.3 is 0 Å². The first kappa shape index (κ1) is 9.47. The molecule has 78 valence electrons. The summed E-state index contributed by atoms with van der Waals surface area (Å²) in [5.74, 6) is 3.00. The van der Waals surface area contributed by atoms with E-state index in [4.69, 9.17) is 16.3 Å². The fraction of sp³-hybridized carbons (Fsp3) is 0.917. The van der Waals surface area contributed by atoms with Crippen molar-refractivity contribution in [3.63, 3.8) is 0 Å². The molecular weight excluding hydrogens is 196 g/mol. The molecule has 14 heavy (non-hydrogen) atoms. The average Bonchev–Trinajstić information content (AvgIpc) is 2.12. The third-order valence-corrected chi connectivity index (χ3v) is 4.71. The Morgan fingerprint density at radius 2 is 1.57 bits per heavy atom. The van der Waals surface area contributed by atoms with E-state index in [2.05, 4.69) is 6.07 Å². The fourth-order valence-electron chi connectivity index (χ4n) is 4.65.